The van der Waals surface area contributed by atoms with Crippen LogP contribution in [0, 0.1) is 0 Å². The van der Waals surface area contributed by atoms with Crippen LogP contribution in [0.2, 0.25) is 0 Å². The Morgan fingerprint density at radius 1 is 1.03 bits per heavy atom. The third-order valence-electron chi connectivity index (χ3n) is 5.42. The molecule has 8 heteroatoms. The highest BCUT2D eigenvalue weighted by Gasteiger charge is 2.17. The van der Waals surface area contributed by atoms with Gasteiger partial charge in [-0.15, -0.1) is 24.0 Å². The van der Waals surface area contributed by atoms with Gasteiger partial charge in [-0.3, -0.25) is 4.99 Å². The third kappa shape index (κ3) is 8.00. The van der Waals surface area contributed by atoms with Gasteiger partial charge >= 0.3 is 6.03 Å². The van der Waals surface area contributed by atoms with Crippen molar-refractivity contribution in [3.8, 4) is 0 Å². The molecule has 1 aromatic carbocycles. The van der Waals surface area contributed by atoms with Crippen molar-refractivity contribution in [2.24, 2.45) is 4.99 Å². The summed E-state index contributed by atoms with van der Waals surface area (Å²) in [4.78, 5) is 20.9. The maximum Gasteiger partial charge on any atom is 0.321 e. The molecule has 2 fully saturated rings. The summed E-state index contributed by atoms with van der Waals surface area (Å²) in [6, 6.07) is 7.98. The third-order valence-corrected chi connectivity index (χ3v) is 5.42. The number of nitrogens with one attached hydrogen (secondary N) is 3. The zero-order valence-electron chi connectivity index (χ0n) is 17.5. The number of nitrogens with zero attached hydrogens (tertiary/aromatic N) is 3. The van der Waals surface area contributed by atoms with Crippen molar-refractivity contribution >= 4 is 41.7 Å². The van der Waals surface area contributed by atoms with Gasteiger partial charge < -0.3 is 25.8 Å². The van der Waals surface area contributed by atoms with E-state index < -0.39 is 0 Å². The molecule has 162 valence electrons. The Morgan fingerprint density at radius 2 is 1.76 bits per heavy atom. The Labute approximate surface area is 191 Å². The fourth-order valence-corrected chi connectivity index (χ4v) is 3.80. The van der Waals surface area contributed by atoms with Crippen molar-refractivity contribution in [1.82, 2.24) is 20.4 Å². The van der Waals surface area contributed by atoms with Crippen molar-refractivity contribution < 1.29 is 4.79 Å². The molecule has 3 N–H and O–H groups in total. The zero-order valence-corrected chi connectivity index (χ0v) is 19.8. The highest BCUT2D eigenvalue weighted by atomic mass is 127. The minimum atomic E-state index is -0.00204. The molecule has 2 heterocycles. The fraction of sp³-hybridized carbons (Fsp3) is 0.619. The van der Waals surface area contributed by atoms with Crippen LogP contribution >= 0.6 is 24.0 Å². The van der Waals surface area contributed by atoms with Gasteiger partial charge in [0.15, 0.2) is 5.96 Å². The minimum Gasteiger partial charge on any atom is -0.355 e. The monoisotopic (exact) mass is 514 g/mol. The lowest BCUT2D eigenvalue weighted by atomic mass is 10.1. The van der Waals surface area contributed by atoms with Crippen molar-refractivity contribution in [3.63, 3.8) is 0 Å². The quantitative estimate of drug-likeness (QED) is 0.310. The average Bonchev–Trinajstić information content (AvgIpc) is 3.27. The lowest BCUT2D eigenvalue weighted by Gasteiger charge is -2.26. The summed E-state index contributed by atoms with van der Waals surface area (Å²) in [6.45, 7) is 6.74. The highest BCUT2D eigenvalue weighted by molar-refractivity contribution is 14.0. The second-order valence-corrected chi connectivity index (χ2v) is 7.58. The zero-order chi connectivity index (χ0) is 19.6. The second kappa shape index (κ2) is 12.9. The number of carbonyl (C=O) groups excluding carboxylic acids is 1. The molecule has 2 saturated heterocycles. The van der Waals surface area contributed by atoms with Gasteiger partial charge in [-0.2, -0.15) is 0 Å². The van der Waals surface area contributed by atoms with E-state index in [9.17, 15) is 4.79 Å². The highest BCUT2D eigenvalue weighted by Crippen LogP contribution is 2.14. The van der Waals surface area contributed by atoms with E-state index in [0.717, 1.165) is 56.2 Å². The first-order chi connectivity index (χ1) is 13.7. The molecule has 7 nitrogen and oxygen atoms in total. The second-order valence-electron chi connectivity index (χ2n) is 7.58. The molecule has 2 aliphatic rings. The van der Waals surface area contributed by atoms with Crippen molar-refractivity contribution in [2.75, 3.05) is 51.6 Å². The number of piperidine rings is 1. The maximum atomic E-state index is 12.3. The molecule has 0 aliphatic carbocycles. The van der Waals surface area contributed by atoms with Gasteiger partial charge in [0.05, 0.1) is 0 Å². The largest absolute Gasteiger partial charge is 0.355 e. The van der Waals surface area contributed by atoms with E-state index in [0.29, 0.717) is 6.54 Å². The van der Waals surface area contributed by atoms with Crippen LogP contribution in [0.3, 0.4) is 0 Å². The van der Waals surface area contributed by atoms with Crippen LogP contribution in [-0.4, -0.2) is 68.1 Å². The number of likely N-dealkylation sites (tertiary alicyclic amines) is 2. The summed E-state index contributed by atoms with van der Waals surface area (Å²) in [6.07, 6.45) is 6.20. The lowest BCUT2D eigenvalue weighted by Crippen LogP contribution is -2.42. The molecule has 0 aromatic heterocycles. The van der Waals surface area contributed by atoms with E-state index in [2.05, 4.69) is 31.9 Å². The number of anilines is 1. The van der Waals surface area contributed by atoms with Crippen molar-refractivity contribution in [3.05, 3.63) is 29.8 Å². The molecule has 0 bridgehead atoms. The Bertz CT molecular complexity index is 656. The summed E-state index contributed by atoms with van der Waals surface area (Å²) >= 11 is 0. The van der Waals surface area contributed by atoms with Gasteiger partial charge in [0.2, 0.25) is 0 Å². The predicted octanol–water partition coefficient (Wildman–Crippen LogP) is 3.08. The number of hydrogen-bond acceptors (Lipinski definition) is 3. The van der Waals surface area contributed by atoms with Crippen molar-refractivity contribution in [1.29, 1.82) is 0 Å². The van der Waals surface area contributed by atoms with Crippen LogP contribution in [0.1, 0.15) is 37.7 Å². The first-order valence-electron chi connectivity index (χ1n) is 10.6. The standard InChI is InChI=1S/C21H34N6O.HI/c1-22-20(23-10-15-26-11-3-2-4-12-26)24-17-18-8-7-9-19(16-18)25-21(28)27-13-5-6-14-27;/h7-9,16H,2-6,10-15,17H2,1H3,(H,25,28)(H2,22,23,24);1H. The van der Waals surface area contributed by atoms with Crippen molar-refractivity contribution in [2.45, 2.75) is 38.6 Å². The molecule has 1 aromatic rings. The first-order valence-corrected chi connectivity index (χ1v) is 10.6. The predicted molar refractivity (Wildman–Crippen MR) is 130 cm³/mol. The van der Waals surface area contributed by atoms with E-state index in [4.69, 9.17) is 0 Å². The Morgan fingerprint density at radius 3 is 2.48 bits per heavy atom. The molecular weight excluding hydrogens is 479 g/mol. The van der Waals surface area contributed by atoms with Gasteiger partial charge in [0, 0.05) is 45.5 Å². The maximum absolute atomic E-state index is 12.3. The average molecular weight is 514 g/mol. The van der Waals surface area contributed by atoms with Crippen LogP contribution in [0.15, 0.2) is 29.3 Å². The normalized spacial score (nSPS) is 17.6. The molecule has 2 aliphatic heterocycles. The number of benzene rings is 1. The van der Waals surface area contributed by atoms with E-state index in [-0.39, 0.29) is 30.0 Å². The summed E-state index contributed by atoms with van der Waals surface area (Å²) in [7, 11) is 1.79. The number of rotatable bonds is 6. The Balaban J connectivity index is 0.00000300. The van der Waals surface area contributed by atoms with E-state index >= 15 is 0 Å². The molecule has 0 atom stereocenters. The molecule has 29 heavy (non-hydrogen) atoms. The summed E-state index contributed by atoms with van der Waals surface area (Å²) < 4.78 is 0. The first kappa shape index (κ1) is 23.7. The van der Waals surface area contributed by atoms with Crippen LogP contribution in [0.5, 0.6) is 0 Å². The SMILES string of the molecule is CN=C(NCCN1CCCCC1)NCc1cccc(NC(=O)N2CCCC2)c1.I. The summed E-state index contributed by atoms with van der Waals surface area (Å²) in [5, 5.41) is 9.75. The smallest absolute Gasteiger partial charge is 0.321 e. The van der Waals surface area contributed by atoms with Crippen LogP contribution in [0.4, 0.5) is 10.5 Å². The van der Waals surface area contributed by atoms with Crippen LogP contribution < -0.4 is 16.0 Å². The molecular formula is C21H35IN6O. The van der Waals surface area contributed by atoms with E-state index in [1.807, 2.05) is 23.1 Å². The molecule has 0 spiro atoms. The molecule has 2 amide bonds. The topological polar surface area (TPSA) is 72.0 Å². The van der Waals surface area contributed by atoms with E-state index in [1.54, 1.807) is 7.05 Å². The van der Waals surface area contributed by atoms with E-state index in [1.165, 1.54) is 32.4 Å². The number of carbonyl (C=O) groups is 1. The molecule has 0 radical (unpaired) electrons. The molecule has 3 rings (SSSR count). The minimum absolute atomic E-state index is 0. The number of amides is 2. The Kier molecular flexibility index (Phi) is 10.5. The Hall–Kier alpha value is -1.55. The summed E-state index contributed by atoms with van der Waals surface area (Å²) in [5.41, 5.74) is 1.95. The van der Waals surface area contributed by atoms with Gasteiger partial charge in [0.25, 0.3) is 0 Å². The van der Waals surface area contributed by atoms with Gasteiger partial charge in [-0.1, -0.05) is 18.6 Å². The number of guanidine groups is 1. The fourth-order valence-electron chi connectivity index (χ4n) is 3.80. The number of hydrogen-bond donors (Lipinski definition) is 3. The number of aliphatic imine (C=N–C) groups is 1. The number of urea groups is 1. The van der Waals surface area contributed by atoms with Crippen LogP contribution in [0.25, 0.3) is 0 Å². The number of halogens is 1. The van der Waals surface area contributed by atoms with Gasteiger partial charge in [-0.05, 0) is 56.5 Å². The molecule has 0 unspecified atom stereocenters. The van der Waals surface area contributed by atoms with Gasteiger partial charge in [0.1, 0.15) is 0 Å². The molecule has 0 saturated carbocycles. The van der Waals surface area contributed by atoms with Gasteiger partial charge in [-0.25, -0.2) is 4.79 Å². The summed E-state index contributed by atoms with van der Waals surface area (Å²) in [5.74, 6) is 0.809. The van der Waals surface area contributed by atoms with Crippen LogP contribution in [-0.2, 0) is 6.54 Å². The lowest BCUT2D eigenvalue weighted by molar-refractivity contribution is 0.222.